The highest BCUT2D eigenvalue weighted by molar-refractivity contribution is 7.89. The zero-order valence-corrected chi connectivity index (χ0v) is 17.7. The van der Waals surface area contributed by atoms with Crippen LogP contribution in [0.3, 0.4) is 0 Å². The smallest absolute Gasteiger partial charge is 0.256 e. The van der Waals surface area contributed by atoms with Crippen LogP contribution in [0.2, 0.25) is 0 Å². The van der Waals surface area contributed by atoms with Crippen molar-refractivity contribution in [3.8, 4) is 0 Å². The molecular formula is C20H22N4O3S2. The van der Waals surface area contributed by atoms with Gasteiger partial charge in [-0.2, -0.15) is 4.31 Å². The van der Waals surface area contributed by atoms with Crippen LogP contribution in [0.15, 0.2) is 46.9 Å². The topological polar surface area (TPSA) is 92.3 Å². The third-order valence-corrected chi connectivity index (χ3v) is 8.12. The van der Waals surface area contributed by atoms with Crippen molar-refractivity contribution in [2.75, 3.05) is 12.4 Å². The number of aromatic nitrogens is 2. The summed E-state index contributed by atoms with van der Waals surface area (Å²) in [7, 11) is -1.93. The lowest BCUT2D eigenvalue weighted by Gasteiger charge is -2.30. The van der Waals surface area contributed by atoms with Crippen LogP contribution in [0.5, 0.6) is 0 Å². The lowest BCUT2D eigenvalue weighted by atomic mass is 9.96. The number of fused-ring (bicyclic) bond motifs is 1. The number of hydrogen-bond donors (Lipinski definition) is 1. The molecule has 1 fully saturated rings. The molecule has 1 aromatic carbocycles. The molecule has 0 aliphatic heterocycles. The van der Waals surface area contributed by atoms with E-state index in [9.17, 15) is 13.2 Å². The molecule has 4 rings (SSSR count). The average Bonchev–Trinajstić information content (AvgIpc) is 3.24. The molecule has 2 aromatic heterocycles. The van der Waals surface area contributed by atoms with Gasteiger partial charge in [-0.1, -0.05) is 19.3 Å². The van der Waals surface area contributed by atoms with E-state index in [0.29, 0.717) is 11.4 Å². The van der Waals surface area contributed by atoms with E-state index in [1.807, 2.05) is 11.4 Å². The molecule has 0 saturated heterocycles. The minimum absolute atomic E-state index is 0.0440. The Hall–Kier alpha value is -2.36. The van der Waals surface area contributed by atoms with Crippen LogP contribution < -0.4 is 5.32 Å². The normalized spacial score (nSPS) is 15.7. The molecule has 3 aromatic rings. The van der Waals surface area contributed by atoms with Gasteiger partial charge in [0.25, 0.3) is 5.91 Å². The van der Waals surface area contributed by atoms with E-state index < -0.39 is 10.0 Å². The molecule has 1 amide bonds. The molecule has 152 valence electrons. The van der Waals surface area contributed by atoms with Crippen LogP contribution in [0, 0.1) is 0 Å². The van der Waals surface area contributed by atoms with Gasteiger partial charge in [-0.15, -0.1) is 11.3 Å². The Bertz CT molecular complexity index is 1120. The highest BCUT2D eigenvalue weighted by Crippen LogP contribution is 2.27. The van der Waals surface area contributed by atoms with Crippen LogP contribution in [-0.4, -0.2) is 41.7 Å². The van der Waals surface area contributed by atoms with Gasteiger partial charge in [0.2, 0.25) is 10.0 Å². The number of carbonyl (C=O) groups is 1. The van der Waals surface area contributed by atoms with Gasteiger partial charge < -0.3 is 5.32 Å². The van der Waals surface area contributed by atoms with Crippen LogP contribution in [0.25, 0.3) is 10.2 Å². The first kappa shape index (κ1) is 19.9. The van der Waals surface area contributed by atoms with Crippen molar-refractivity contribution in [3.05, 3.63) is 47.6 Å². The van der Waals surface area contributed by atoms with Crippen molar-refractivity contribution in [3.63, 3.8) is 0 Å². The third-order valence-electron chi connectivity index (χ3n) is 5.38. The molecule has 1 saturated carbocycles. The Labute approximate surface area is 173 Å². The van der Waals surface area contributed by atoms with Gasteiger partial charge in [-0.25, -0.2) is 18.4 Å². The molecule has 0 radical (unpaired) electrons. The number of amides is 1. The van der Waals surface area contributed by atoms with E-state index in [1.54, 1.807) is 7.05 Å². The second-order valence-corrected chi connectivity index (χ2v) is 10.0. The maximum atomic E-state index is 12.9. The number of hydrogen-bond acceptors (Lipinski definition) is 6. The van der Waals surface area contributed by atoms with E-state index in [-0.39, 0.29) is 16.8 Å². The van der Waals surface area contributed by atoms with Crippen molar-refractivity contribution in [1.82, 2.24) is 14.3 Å². The Balaban J connectivity index is 1.51. The van der Waals surface area contributed by atoms with Crippen molar-refractivity contribution in [2.24, 2.45) is 0 Å². The largest absolute Gasteiger partial charge is 0.306 e. The van der Waals surface area contributed by atoms with Crippen molar-refractivity contribution >= 4 is 43.3 Å². The molecule has 0 unspecified atom stereocenters. The SMILES string of the molecule is CN(C1CCCCC1)S(=O)(=O)c1ccc(C(=O)Nc2ncnc3sccc23)cc1. The number of benzene rings is 1. The zero-order valence-electron chi connectivity index (χ0n) is 16.0. The monoisotopic (exact) mass is 430 g/mol. The first-order valence-electron chi connectivity index (χ1n) is 9.54. The van der Waals surface area contributed by atoms with Gasteiger partial charge in [-0.3, -0.25) is 4.79 Å². The molecule has 1 aliphatic rings. The molecule has 0 bridgehead atoms. The first-order chi connectivity index (χ1) is 14.0. The standard InChI is InChI=1S/C20H22N4O3S2/c1-24(15-5-3-2-4-6-15)29(26,27)16-9-7-14(8-10-16)19(25)23-18-17-11-12-28-20(17)22-13-21-18/h7-13,15H,2-6H2,1H3,(H,21,22,23,25). The summed E-state index contributed by atoms with van der Waals surface area (Å²) in [5.74, 6) is 0.0933. The Kier molecular flexibility index (Phi) is 5.62. The highest BCUT2D eigenvalue weighted by Gasteiger charge is 2.29. The van der Waals surface area contributed by atoms with Crippen molar-refractivity contribution in [2.45, 2.75) is 43.0 Å². The summed E-state index contributed by atoms with van der Waals surface area (Å²) in [6.07, 6.45) is 6.48. The van der Waals surface area contributed by atoms with Gasteiger partial charge in [0, 0.05) is 18.7 Å². The highest BCUT2D eigenvalue weighted by atomic mass is 32.2. The van der Waals surface area contributed by atoms with Crippen molar-refractivity contribution in [1.29, 1.82) is 0 Å². The molecule has 9 heteroatoms. The molecule has 2 heterocycles. The predicted molar refractivity (Wildman–Crippen MR) is 114 cm³/mol. The number of nitrogens with zero attached hydrogens (tertiary/aromatic N) is 3. The predicted octanol–water partition coefficient (Wildman–Crippen LogP) is 3.90. The summed E-state index contributed by atoms with van der Waals surface area (Å²) >= 11 is 1.47. The minimum Gasteiger partial charge on any atom is -0.306 e. The fraction of sp³-hybridized carbons (Fsp3) is 0.350. The van der Waals surface area contributed by atoms with E-state index in [4.69, 9.17) is 0 Å². The summed E-state index contributed by atoms with van der Waals surface area (Å²) in [5.41, 5.74) is 0.367. The molecule has 0 atom stereocenters. The lowest BCUT2D eigenvalue weighted by Crippen LogP contribution is -2.38. The average molecular weight is 431 g/mol. The Morgan fingerprint density at radius 3 is 2.55 bits per heavy atom. The van der Waals surface area contributed by atoms with Gasteiger partial charge in [0.05, 0.1) is 10.3 Å². The molecule has 1 aliphatic carbocycles. The number of nitrogens with one attached hydrogen (secondary N) is 1. The first-order valence-corrected chi connectivity index (χ1v) is 11.9. The summed E-state index contributed by atoms with van der Waals surface area (Å²) in [6.45, 7) is 0. The quantitative estimate of drug-likeness (QED) is 0.663. The van der Waals surface area contributed by atoms with E-state index in [1.165, 1.54) is 46.2 Å². The molecular weight excluding hydrogens is 408 g/mol. The van der Waals surface area contributed by atoms with Gasteiger partial charge in [0.15, 0.2) is 0 Å². The fourth-order valence-electron chi connectivity index (χ4n) is 3.65. The van der Waals surface area contributed by atoms with Crippen LogP contribution in [0.4, 0.5) is 5.82 Å². The fourth-order valence-corrected chi connectivity index (χ4v) is 5.80. The summed E-state index contributed by atoms with van der Waals surface area (Å²) in [5, 5.41) is 5.44. The maximum Gasteiger partial charge on any atom is 0.256 e. The Morgan fingerprint density at radius 1 is 1.10 bits per heavy atom. The summed E-state index contributed by atoms with van der Waals surface area (Å²) < 4.78 is 27.3. The van der Waals surface area contributed by atoms with Gasteiger partial charge in [-0.05, 0) is 48.6 Å². The maximum absolute atomic E-state index is 12.9. The lowest BCUT2D eigenvalue weighted by molar-refractivity contribution is 0.102. The van der Waals surface area contributed by atoms with Crippen molar-refractivity contribution < 1.29 is 13.2 Å². The second kappa shape index (κ2) is 8.17. The molecule has 7 nitrogen and oxygen atoms in total. The van der Waals surface area contributed by atoms with E-state index in [2.05, 4.69) is 15.3 Å². The molecule has 29 heavy (non-hydrogen) atoms. The molecule has 1 N–H and O–H groups in total. The van der Waals surface area contributed by atoms with Crippen LogP contribution in [-0.2, 0) is 10.0 Å². The van der Waals surface area contributed by atoms with Crippen LogP contribution >= 0.6 is 11.3 Å². The van der Waals surface area contributed by atoms with Gasteiger partial charge in [0.1, 0.15) is 17.0 Å². The molecule has 0 spiro atoms. The van der Waals surface area contributed by atoms with E-state index >= 15 is 0 Å². The number of sulfonamides is 1. The number of anilines is 1. The minimum atomic E-state index is -3.58. The number of carbonyl (C=O) groups excluding carboxylic acids is 1. The summed E-state index contributed by atoms with van der Waals surface area (Å²) in [4.78, 5) is 21.9. The number of rotatable bonds is 5. The van der Waals surface area contributed by atoms with Gasteiger partial charge >= 0.3 is 0 Å². The van der Waals surface area contributed by atoms with E-state index in [0.717, 1.165) is 42.3 Å². The third kappa shape index (κ3) is 4.03. The number of thiophene rings is 1. The zero-order chi connectivity index (χ0) is 20.4. The second-order valence-electron chi connectivity index (χ2n) is 7.15. The van der Waals surface area contributed by atoms with Crippen LogP contribution in [0.1, 0.15) is 42.5 Å². The Morgan fingerprint density at radius 2 is 1.83 bits per heavy atom. The summed E-state index contributed by atoms with van der Waals surface area (Å²) in [6, 6.07) is 7.94.